The number of carbonyl (C=O) groups is 1. The number of hydrogen-bond donors (Lipinski definition) is 1. The molecule has 1 saturated heterocycles. The number of para-hydroxylation sites is 1. The van der Waals surface area contributed by atoms with Gasteiger partial charge in [0.1, 0.15) is 5.69 Å². The molecule has 4 rings (SSSR count). The predicted octanol–water partition coefficient (Wildman–Crippen LogP) is 0.198. The Balaban J connectivity index is 0.00000240. The fourth-order valence-electron chi connectivity index (χ4n) is 3.22. The molecule has 29 heavy (non-hydrogen) atoms. The number of likely N-dealkylation sites (N-methyl/N-ethyl adjacent to an activating group) is 1. The number of amides is 1. The monoisotopic (exact) mass is 474 g/mol. The summed E-state index contributed by atoms with van der Waals surface area (Å²) in [6.45, 7) is 3.48. The molecule has 2 heterocycles. The van der Waals surface area contributed by atoms with Crippen molar-refractivity contribution in [3.8, 4) is 16.9 Å². The molecule has 6 nitrogen and oxygen atoms in total. The van der Waals surface area contributed by atoms with Crippen LogP contribution in [-0.2, 0) is 0 Å². The van der Waals surface area contributed by atoms with Gasteiger partial charge in [0.25, 0.3) is 5.91 Å². The zero-order valence-electron chi connectivity index (χ0n) is 16.1. The summed E-state index contributed by atoms with van der Waals surface area (Å²) in [4.78, 5) is 15.3. The van der Waals surface area contributed by atoms with E-state index in [9.17, 15) is 4.79 Å². The van der Waals surface area contributed by atoms with Crippen LogP contribution in [0.3, 0.4) is 0 Å². The third-order valence-electron chi connectivity index (χ3n) is 4.84. The van der Waals surface area contributed by atoms with Gasteiger partial charge in [-0.3, -0.25) is 10.2 Å². The molecule has 1 amide bonds. The number of aromatic nitrogens is 2. The highest BCUT2D eigenvalue weighted by Crippen LogP contribution is 2.26. The minimum atomic E-state index is -0.137. The Morgan fingerprint density at radius 3 is 2.45 bits per heavy atom. The van der Waals surface area contributed by atoms with Crippen molar-refractivity contribution in [2.75, 3.05) is 33.2 Å². The molecule has 0 unspecified atom stereocenters. The molecular weight excluding hydrogens is 454 g/mol. The first-order valence-corrected chi connectivity index (χ1v) is 10.0. The number of hydrogen-bond acceptors (Lipinski definition) is 4. The average molecular weight is 476 g/mol. The molecule has 0 atom stereocenters. The molecule has 2 aromatic carbocycles. The Bertz CT molecular complexity index is 970. The van der Waals surface area contributed by atoms with Crippen LogP contribution < -0.4 is 17.8 Å². The summed E-state index contributed by atoms with van der Waals surface area (Å²) in [5.74, 6) is -0.137. The maximum Gasteiger partial charge on any atom is 0.269 e. The summed E-state index contributed by atoms with van der Waals surface area (Å²) >= 11 is 3.51. The van der Waals surface area contributed by atoms with Gasteiger partial charge in [-0.05, 0) is 31.3 Å². The highest BCUT2D eigenvalue weighted by molar-refractivity contribution is 9.10. The van der Waals surface area contributed by atoms with Crippen molar-refractivity contribution in [2.45, 2.75) is 0 Å². The maximum atomic E-state index is 13.1. The Labute approximate surface area is 185 Å². The largest absolute Gasteiger partial charge is 1.00 e. The molecule has 1 N–H and O–H groups in total. The summed E-state index contributed by atoms with van der Waals surface area (Å²) < 4.78 is 2.71. The van der Waals surface area contributed by atoms with E-state index in [1.807, 2.05) is 59.6 Å². The van der Waals surface area contributed by atoms with Crippen LogP contribution in [0.5, 0.6) is 0 Å². The van der Waals surface area contributed by atoms with E-state index in [1.165, 1.54) is 0 Å². The van der Waals surface area contributed by atoms with E-state index in [0.29, 0.717) is 11.3 Å². The van der Waals surface area contributed by atoms with Crippen molar-refractivity contribution >= 4 is 21.8 Å². The van der Waals surface area contributed by atoms with Crippen LogP contribution in [0.15, 0.2) is 65.3 Å². The van der Waals surface area contributed by atoms with Gasteiger partial charge in [-0.2, -0.15) is 5.10 Å². The first-order valence-electron chi connectivity index (χ1n) is 9.25. The quantitative estimate of drug-likeness (QED) is 0.586. The molecule has 1 aromatic heterocycles. The van der Waals surface area contributed by atoms with Crippen LogP contribution in [0.2, 0.25) is 0 Å². The minimum absolute atomic E-state index is 0. The van der Waals surface area contributed by atoms with Crippen molar-refractivity contribution in [1.82, 2.24) is 25.1 Å². The van der Waals surface area contributed by atoms with Gasteiger partial charge in [0.05, 0.1) is 11.3 Å². The van der Waals surface area contributed by atoms with Gasteiger partial charge in [-0.15, -0.1) is 0 Å². The second-order valence-electron chi connectivity index (χ2n) is 6.91. The lowest BCUT2D eigenvalue weighted by atomic mass is 10.1. The van der Waals surface area contributed by atoms with Crippen molar-refractivity contribution in [3.05, 3.63) is 70.8 Å². The molecule has 152 valence electrons. The van der Waals surface area contributed by atoms with Crippen molar-refractivity contribution in [3.63, 3.8) is 0 Å². The molecule has 3 aromatic rings. The number of piperazine rings is 1. The Morgan fingerprint density at radius 2 is 1.76 bits per heavy atom. The van der Waals surface area contributed by atoms with Gasteiger partial charge in [-0.25, -0.2) is 9.69 Å². The highest BCUT2D eigenvalue weighted by Gasteiger charge is 2.22. The fraction of sp³-hybridized carbons (Fsp3) is 0.238. The highest BCUT2D eigenvalue weighted by atomic mass is 79.9. The van der Waals surface area contributed by atoms with Gasteiger partial charge in [-0.1, -0.05) is 46.3 Å². The van der Waals surface area contributed by atoms with Crippen molar-refractivity contribution < 1.29 is 17.2 Å². The SMILES string of the molecule is CN1CCN(NC(=O)c2cn(-c3ccccc3)nc2-c2cccc(Br)c2)CC1.[Cl-]. The Hall–Kier alpha value is -2.19. The number of hydrazine groups is 1. The first kappa shape index (κ1) is 21.5. The van der Waals surface area contributed by atoms with E-state index in [0.717, 1.165) is 41.9 Å². The van der Waals surface area contributed by atoms with Gasteiger partial charge >= 0.3 is 0 Å². The molecule has 0 aliphatic carbocycles. The molecule has 0 bridgehead atoms. The second-order valence-corrected chi connectivity index (χ2v) is 7.83. The zero-order chi connectivity index (χ0) is 19.5. The third-order valence-corrected chi connectivity index (χ3v) is 5.33. The molecular formula is C21H22BrClN5O-. The molecule has 0 saturated carbocycles. The lowest BCUT2D eigenvalue weighted by Gasteiger charge is -2.32. The van der Waals surface area contributed by atoms with Crippen LogP contribution in [0.25, 0.3) is 16.9 Å². The summed E-state index contributed by atoms with van der Waals surface area (Å²) in [6, 6.07) is 17.7. The van der Waals surface area contributed by atoms with E-state index in [4.69, 9.17) is 5.10 Å². The first-order chi connectivity index (χ1) is 13.6. The van der Waals surface area contributed by atoms with Crippen molar-refractivity contribution in [2.24, 2.45) is 0 Å². The number of rotatable bonds is 4. The number of nitrogens with one attached hydrogen (secondary N) is 1. The zero-order valence-corrected chi connectivity index (χ0v) is 18.4. The summed E-state index contributed by atoms with van der Waals surface area (Å²) in [5, 5.41) is 6.71. The topological polar surface area (TPSA) is 53.4 Å². The van der Waals surface area contributed by atoms with E-state index >= 15 is 0 Å². The number of benzene rings is 2. The van der Waals surface area contributed by atoms with E-state index < -0.39 is 0 Å². The molecule has 0 spiro atoms. The smallest absolute Gasteiger partial charge is 0.269 e. The van der Waals surface area contributed by atoms with Crippen LogP contribution in [0.1, 0.15) is 10.4 Å². The Kier molecular flexibility index (Phi) is 7.08. The summed E-state index contributed by atoms with van der Waals surface area (Å²) in [5.41, 5.74) is 6.08. The lowest BCUT2D eigenvalue weighted by Crippen LogP contribution is -3.00. The molecule has 1 fully saturated rings. The van der Waals surface area contributed by atoms with Crippen LogP contribution in [-0.4, -0.2) is 58.8 Å². The van der Waals surface area contributed by atoms with E-state index in [2.05, 4.69) is 33.3 Å². The van der Waals surface area contributed by atoms with E-state index in [-0.39, 0.29) is 18.3 Å². The normalized spacial score (nSPS) is 15.0. The number of halogens is 2. The summed E-state index contributed by atoms with van der Waals surface area (Å²) in [7, 11) is 2.09. The number of carbonyl (C=O) groups excluding carboxylic acids is 1. The standard InChI is InChI=1S/C21H22BrN5O.ClH/c1-25-10-12-26(13-11-25)24-21(28)19-15-27(18-8-3-2-4-9-18)23-20(19)16-6-5-7-17(22)14-16;/h2-9,14-15H,10-13H2,1H3,(H,24,28);1H/p-1. The van der Waals surface area contributed by atoms with Crippen molar-refractivity contribution in [1.29, 1.82) is 0 Å². The van der Waals surface area contributed by atoms with E-state index in [1.54, 1.807) is 10.9 Å². The predicted molar refractivity (Wildman–Crippen MR) is 113 cm³/mol. The molecule has 1 aliphatic rings. The second kappa shape index (κ2) is 9.54. The van der Waals surface area contributed by atoms with Gasteiger partial charge in [0.15, 0.2) is 0 Å². The lowest BCUT2D eigenvalue weighted by molar-refractivity contribution is -0.0000156. The van der Waals surface area contributed by atoms with Crippen LogP contribution in [0.4, 0.5) is 0 Å². The summed E-state index contributed by atoms with van der Waals surface area (Å²) in [6.07, 6.45) is 1.80. The van der Waals surface area contributed by atoms with Gasteiger partial charge < -0.3 is 17.3 Å². The molecule has 0 radical (unpaired) electrons. The minimum Gasteiger partial charge on any atom is -1.00 e. The Morgan fingerprint density at radius 1 is 1.03 bits per heavy atom. The maximum absolute atomic E-state index is 13.1. The van der Waals surface area contributed by atoms with Gasteiger partial charge in [0.2, 0.25) is 0 Å². The molecule has 1 aliphatic heterocycles. The number of nitrogens with zero attached hydrogens (tertiary/aromatic N) is 4. The average Bonchev–Trinajstić information content (AvgIpc) is 3.16. The van der Waals surface area contributed by atoms with Gasteiger partial charge in [0, 0.05) is 42.4 Å². The van der Waals surface area contributed by atoms with Crippen LogP contribution >= 0.6 is 15.9 Å². The molecule has 8 heteroatoms. The van der Waals surface area contributed by atoms with Crippen LogP contribution in [0, 0.1) is 0 Å². The third kappa shape index (κ3) is 5.05. The fourth-order valence-corrected chi connectivity index (χ4v) is 3.62.